The Bertz CT molecular complexity index is 426. The summed E-state index contributed by atoms with van der Waals surface area (Å²) in [6.07, 6.45) is 2.35. The van der Waals surface area contributed by atoms with Crippen LogP contribution in [0.25, 0.3) is 0 Å². The van der Waals surface area contributed by atoms with Crippen LogP contribution in [-0.2, 0) is 4.79 Å². The van der Waals surface area contributed by atoms with E-state index < -0.39 is 0 Å². The van der Waals surface area contributed by atoms with Crippen LogP contribution in [0.2, 0.25) is 0 Å². The second-order valence-corrected chi connectivity index (χ2v) is 6.11. The van der Waals surface area contributed by atoms with Crippen molar-refractivity contribution in [1.29, 1.82) is 0 Å². The van der Waals surface area contributed by atoms with Crippen LogP contribution in [0.4, 0.5) is 0 Å². The number of benzene rings is 1. The lowest BCUT2D eigenvalue weighted by atomic mass is 10.1. The van der Waals surface area contributed by atoms with Crippen LogP contribution in [-0.4, -0.2) is 29.1 Å². The van der Waals surface area contributed by atoms with E-state index in [-0.39, 0.29) is 11.9 Å². The first-order chi connectivity index (χ1) is 9.11. The number of hydrogen-bond donors (Lipinski definition) is 1. The first-order valence-corrected chi connectivity index (χ1v) is 7.88. The number of nitrogens with zero attached hydrogens (tertiary/aromatic N) is 1. The maximum Gasteiger partial charge on any atom is 0.233 e. The van der Waals surface area contributed by atoms with Crippen molar-refractivity contribution in [2.24, 2.45) is 5.73 Å². The lowest BCUT2D eigenvalue weighted by Gasteiger charge is -2.20. The molecule has 0 aromatic heterocycles. The van der Waals surface area contributed by atoms with Crippen molar-refractivity contribution in [2.45, 2.75) is 43.7 Å². The Kier molecular flexibility index (Phi) is 4.88. The molecule has 0 bridgehead atoms. The molecule has 1 aliphatic rings. The number of thioether (sulfide) groups is 1. The second-order valence-electron chi connectivity index (χ2n) is 5.06. The molecule has 1 amide bonds. The molecule has 0 saturated heterocycles. The van der Waals surface area contributed by atoms with E-state index in [4.69, 9.17) is 5.73 Å². The molecule has 4 heteroatoms. The van der Waals surface area contributed by atoms with Crippen molar-refractivity contribution in [2.75, 3.05) is 12.3 Å². The average molecular weight is 278 g/mol. The zero-order chi connectivity index (χ0) is 13.8. The first kappa shape index (κ1) is 14.4. The van der Waals surface area contributed by atoms with Gasteiger partial charge in [-0.3, -0.25) is 4.79 Å². The molecule has 3 nitrogen and oxygen atoms in total. The highest BCUT2D eigenvalue weighted by Gasteiger charge is 2.30. The third-order valence-electron chi connectivity index (χ3n) is 3.42. The summed E-state index contributed by atoms with van der Waals surface area (Å²) in [5, 5.41) is 0. The van der Waals surface area contributed by atoms with E-state index in [1.807, 2.05) is 36.1 Å². The van der Waals surface area contributed by atoms with Gasteiger partial charge in [-0.1, -0.05) is 12.1 Å². The minimum absolute atomic E-state index is 0.0612. The summed E-state index contributed by atoms with van der Waals surface area (Å²) in [6.45, 7) is 4.85. The van der Waals surface area contributed by atoms with Gasteiger partial charge >= 0.3 is 0 Å². The molecule has 1 aromatic rings. The van der Waals surface area contributed by atoms with Gasteiger partial charge in [-0.25, -0.2) is 0 Å². The van der Waals surface area contributed by atoms with Crippen LogP contribution >= 0.6 is 11.8 Å². The molecule has 1 fully saturated rings. The zero-order valence-electron chi connectivity index (χ0n) is 11.6. The van der Waals surface area contributed by atoms with Crippen LogP contribution in [0.1, 0.15) is 38.3 Å². The second kappa shape index (κ2) is 6.44. The van der Waals surface area contributed by atoms with Gasteiger partial charge in [0, 0.05) is 23.5 Å². The molecule has 2 rings (SSSR count). The molecular weight excluding hydrogens is 256 g/mol. The fraction of sp³-hybridized carbons (Fsp3) is 0.533. The van der Waals surface area contributed by atoms with E-state index in [1.54, 1.807) is 11.8 Å². The Balaban J connectivity index is 1.85. The largest absolute Gasteiger partial charge is 0.339 e. The molecule has 0 radical (unpaired) electrons. The summed E-state index contributed by atoms with van der Waals surface area (Å²) in [4.78, 5) is 15.2. The maximum atomic E-state index is 12.1. The zero-order valence-corrected chi connectivity index (χ0v) is 12.5. The maximum absolute atomic E-state index is 12.1. The highest BCUT2D eigenvalue weighted by atomic mass is 32.2. The summed E-state index contributed by atoms with van der Waals surface area (Å²) in [6, 6.07) is 8.74. The Morgan fingerprint density at radius 3 is 2.53 bits per heavy atom. The van der Waals surface area contributed by atoms with Crippen molar-refractivity contribution in [1.82, 2.24) is 4.90 Å². The molecule has 1 aromatic carbocycles. The van der Waals surface area contributed by atoms with Gasteiger partial charge in [0.1, 0.15) is 0 Å². The van der Waals surface area contributed by atoms with E-state index >= 15 is 0 Å². The normalized spacial score (nSPS) is 16.2. The predicted octanol–water partition coefficient (Wildman–Crippen LogP) is 2.81. The number of amides is 1. The quantitative estimate of drug-likeness (QED) is 0.814. The number of rotatable bonds is 6. The Morgan fingerprint density at radius 2 is 2.05 bits per heavy atom. The van der Waals surface area contributed by atoms with Crippen molar-refractivity contribution in [3.8, 4) is 0 Å². The van der Waals surface area contributed by atoms with Crippen LogP contribution in [0.15, 0.2) is 29.2 Å². The number of carbonyl (C=O) groups is 1. The van der Waals surface area contributed by atoms with Crippen LogP contribution in [0, 0.1) is 0 Å². The van der Waals surface area contributed by atoms with Crippen LogP contribution < -0.4 is 5.73 Å². The van der Waals surface area contributed by atoms with E-state index in [9.17, 15) is 4.79 Å². The highest BCUT2D eigenvalue weighted by molar-refractivity contribution is 8.00. The highest BCUT2D eigenvalue weighted by Crippen LogP contribution is 2.28. The van der Waals surface area contributed by atoms with Gasteiger partial charge < -0.3 is 10.6 Å². The Morgan fingerprint density at radius 1 is 1.42 bits per heavy atom. The lowest BCUT2D eigenvalue weighted by Crippen LogP contribution is -2.34. The van der Waals surface area contributed by atoms with Gasteiger partial charge in [0.25, 0.3) is 0 Å². The molecule has 1 unspecified atom stereocenters. The van der Waals surface area contributed by atoms with Gasteiger partial charge in [0.15, 0.2) is 0 Å². The summed E-state index contributed by atoms with van der Waals surface area (Å²) in [7, 11) is 0. The van der Waals surface area contributed by atoms with Gasteiger partial charge in [0.05, 0.1) is 5.75 Å². The summed E-state index contributed by atoms with van der Waals surface area (Å²) in [5.41, 5.74) is 6.94. The smallest absolute Gasteiger partial charge is 0.233 e. The topological polar surface area (TPSA) is 46.3 Å². The van der Waals surface area contributed by atoms with Crippen molar-refractivity contribution >= 4 is 17.7 Å². The van der Waals surface area contributed by atoms with Gasteiger partial charge in [-0.2, -0.15) is 0 Å². The third kappa shape index (κ3) is 3.98. The van der Waals surface area contributed by atoms with Crippen molar-refractivity contribution in [3.63, 3.8) is 0 Å². The van der Waals surface area contributed by atoms with Gasteiger partial charge in [-0.15, -0.1) is 11.8 Å². The van der Waals surface area contributed by atoms with Crippen LogP contribution in [0.5, 0.6) is 0 Å². The lowest BCUT2D eigenvalue weighted by molar-refractivity contribution is -0.128. The Labute approximate surface area is 119 Å². The molecular formula is C15H22N2OS. The molecule has 0 spiro atoms. The molecule has 19 heavy (non-hydrogen) atoms. The first-order valence-electron chi connectivity index (χ1n) is 6.89. The van der Waals surface area contributed by atoms with E-state index in [0.29, 0.717) is 11.8 Å². The van der Waals surface area contributed by atoms with Crippen molar-refractivity contribution in [3.05, 3.63) is 29.8 Å². The van der Waals surface area contributed by atoms with E-state index in [2.05, 4.69) is 6.92 Å². The molecule has 2 N–H and O–H groups in total. The molecule has 1 saturated carbocycles. The number of hydrogen-bond acceptors (Lipinski definition) is 3. The molecule has 0 heterocycles. The van der Waals surface area contributed by atoms with Crippen LogP contribution in [0.3, 0.4) is 0 Å². The van der Waals surface area contributed by atoms with Crippen molar-refractivity contribution < 1.29 is 4.79 Å². The third-order valence-corrected chi connectivity index (χ3v) is 4.41. The predicted molar refractivity (Wildman–Crippen MR) is 80.2 cm³/mol. The Hall–Kier alpha value is -1.00. The van der Waals surface area contributed by atoms with Gasteiger partial charge in [0.2, 0.25) is 5.91 Å². The summed E-state index contributed by atoms with van der Waals surface area (Å²) in [5.74, 6) is 0.785. The fourth-order valence-corrected chi connectivity index (χ4v) is 2.90. The SMILES string of the molecule is CCN(C(=O)CSc1ccc(C(C)N)cc1)C1CC1. The van der Waals surface area contributed by atoms with E-state index in [0.717, 1.165) is 17.0 Å². The fourth-order valence-electron chi connectivity index (χ4n) is 2.12. The summed E-state index contributed by atoms with van der Waals surface area (Å²) < 4.78 is 0. The molecule has 1 atom stereocenters. The molecule has 0 aliphatic heterocycles. The monoisotopic (exact) mass is 278 g/mol. The average Bonchev–Trinajstić information content (AvgIpc) is 3.22. The minimum atomic E-state index is 0.0612. The van der Waals surface area contributed by atoms with Gasteiger partial charge in [-0.05, 0) is 44.4 Å². The van der Waals surface area contributed by atoms with E-state index in [1.165, 1.54) is 12.8 Å². The number of carbonyl (C=O) groups excluding carboxylic acids is 1. The molecule has 104 valence electrons. The molecule has 1 aliphatic carbocycles. The summed E-state index contributed by atoms with van der Waals surface area (Å²) >= 11 is 1.61. The minimum Gasteiger partial charge on any atom is -0.339 e. The number of nitrogens with two attached hydrogens (primary N) is 1. The standard InChI is InChI=1S/C15H22N2OS/c1-3-17(13-6-7-13)15(18)10-19-14-8-4-12(5-9-14)11(2)16/h4-5,8-9,11,13H,3,6-7,10,16H2,1-2H3.